The van der Waals surface area contributed by atoms with Gasteiger partial charge < -0.3 is 20.7 Å². The van der Waals surface area contributed by atoms with Crippen molar-refractivity contribution in [3.8, 4) is 0 Å². The van der Waals surface area contributed by atoms with Gasteiger partial charge in [0.25, 0.3) is 0 Å². The van der Waals surface area contributed by atoms with Gasteiger partial charge in [0.1, 0.15) is 12.1 Å². The van der Waals surface area contributed by atoms with Crippen LogP contribution in [0.2, 0.25) is 0 Å². The Morgan fingerprint density at radius 2 is 2.00 bits per heavy atom. The van der Waals surface area contributed by atoms with Crippen LogP contribution in [0.4, 0.5) is 4.79 Å². The van der Waals surface area contributed by atoms with E-state index in [1.165, 1.54) is 0 Å². The molecule has 1 aliphatic heterocycles. The molecule has 0 spiro atoms. The van der Waals surface area contributed by atoms with Crippen LogP contribution >= 0.6 is 0 Å². The SMILES string of the molecule is C[C@@H]1CCCN1C(=O)CNC(=O)OC(C)(C)C.NC=O. The average molecular weight is 287 g/mol. The van der Waals surface area contributed by atoms with Crippen LogP contribution in [0.3, 0.4) is 0 Å². The van der Waals surface area contributed by atoms with Crippen LogP contribution in [0.1, 0.15) is 40.5 Å². The molecular weight excluding hydrogens is 262 g/mol. The molecule has 0 unspecified atom stereocenters. The van der Waals surface area contributed by atoms with Crippen LogP contribution in [0, 0.1) is 0 Å². The molecule has 1 heterocycles. The third-order valence-electron chi connectivity index (χ3n) is 2.66. The van der Waals surface area contributed by atoms with E-state index in [4.69, 9.17) is 9.53 Å². The predicted octanol–water partition coefficient (Wildman–Crippen LogP) is 0.624. The summed E-state index contributed by atoms with van der Waals surface area (Å²) in [6, 6.07) is 0.280. The Labute approximate surface area is 119 Å². The summed E-state index contributed by atoms with van der Waals surface area (Å²) < 4.78 is 5.06. The lowest BCUT2D eigenvalue weighted by atomic mass is 10.2. The van der Waals surface area contributed by atoms with Crippen molar-refractivity contribution in [3.05, 3.63) is 0 Å². The summed E-state index contributed by atoms with van der Waals surface area (Å²) in [4.78, 5) is 33.5. The van der Waals surface area contributed by atoms with Crippen LogP contribution in [-0.4, -0.2) is 48.0 Å². The molecule has 0 aromatic heterocycles. The van der Waals surface area contributed by atoms with E-state index in [0.717, 1.165) is 19.4 Å². The monoisotopic (exact) mass is 287 g/mol. The van der Waals surface area contributed by atoms with Crippen LogP contribution in [0.15, 0.2) is 0 Å². The van der Waals surface area contributed by atoms with Gasteiger partial charge in [-0.2, -0.15) is 0 Å². The second kappa shape index (κ2) is 8.39. The van der Waals surface area contributed by atoms with E-state index >= 15 is 0 Å². The fraction of sp³-hybridized carbons (Fsp3) is 0.769. The number of carbonyl (C=O) groups is 3. The minimum absolute atomic E-state index is 0.0131. The summed E-state index contributed by atoms with van der Waals surface area (Å²) in [6.07, 6.45) is 1.79. The van der Waals surface area contributed by atoms with Crippen LogP contribution in [-0.2, 0) is 14.3 Å². The summed E-state index contributed by atoms with van der Waals surface area (Å²) in [7, 11) is 0. The molecule has 20 heavy (non-hydrogen) atoms. The second-order valence-electron chi connectivity index (χ2n) is 5.57. The van der Waals surface area contributed by atoms with E-state index in [1.54, 1.807) is 25.7 Å². The van der Waals surface area contributed by atoms with Gasteiger partial charge >= 0.3 is 6.09 Å². The molecular formula is C13H25N3O4. The molecule has 0 aromatic carbocycles. The first-order valence-corrected chi connectivity index (χ1v) is 6.63. The highest BCUT2D eigenvalue weighted by Crippen LogP contribution is 2.15. The summed E-state index contributed by atoms with van der Waals surface area (Å²) in [5, 5.41) is 2.48. The maximum atomic E-state index is 11.8. The van der Waals surface area contributed by atoms with Crippen molar-refractivity contribution >= 4 is 18.4 Å². The lowest BCUT2D eigenvalue weighted by molar-refractivity contribution is -0.130. The number of nitrogens with zero attached hydrogens (tertiary/aromatic N) is 1. The third-order valence-corrected chi connectivity index (χ3v) is 2.66. The number of nitrogens with two attached hydrogens (primary N) is 1. The molecule has 1 atom stereocenters. The van der Waals surface area contributed by atoms with Gasteiger partial charge in [0.05, 0.1) is 0 Å². The van der Waals surface area contributed by atoms with E-state index < -0.39 is 11.7 Å². The fourth-order valence-corrected chi connectivity index (χ4v) is 1.87. The molecule has 0 radical (unpaired) electrons. The number of hydrogen-bond acceptors (Lipinski definition) is 4. The smallest absolute Gasteiger partial charge is 0.408 e. The third kappa shape index (κ3) is 7.60. The van der Waals surface area contributed by atoms with E-state index in [0.29, 0.717) is 0 Å². The Kier molecular flexibility index (Phi) is 7.64. The molecule has 3 amide bonds. The summed E-state index contributed by atoms with van der Waals surface area (Å²) >= 11 is 0. The van der Waals surface area contributed by atoms with Crippen molar-refractivity contribution in [3.63, 3.8) is 0 Å². The number of alkyl carbamates (subject to hydrolysis) is 1. The van der Waals surface area contributed by atoms with Gasteiger partial charge in [0.15, 0.2) is 0 Å². The van der Waals surface area contributed by atoms with Crippen molar-refractivity contribution in [2.24, 2.45) is 5.73 Å². The fourth-order valence-electron chi connectivity index (χ4n) is 1.87. The molecule has 1 aliphatic rings. The molecule has 1 saturated heterocycles. The first kappa shape index (κ1) is 18.2. The number of rotatable bonds is 2. The maximum Gasteiger partial charge on any atom is 0.408 e. The van der Waals surface area contributed by atoms with Gasteiger partial charge in [-0.05, 0) is 40.5 Å². The molecule has 0 saturated carbocycles. The first-order chi connectivity index (χ1) is 9.21. The van der Waals surface area contributed by atoms with E-state index in [-0.39, 0.29) is 24.9 Å². The van der Waals surface area contributed by atoms with Crippen molar-refractivity contribution in [2.75, 3.05) is 13.1 Å². The number of carbonyl (C=O) groups excluding carboxylic acids is 3. The number of likely N-dealkylation sites (tertiary alicyclic amines) is 1. The van der Waals surface area contributed by atoms with Crippen molar-refractivity contribution in [1.29, 1.82) is 0 Å². The zero-order valence-corrected chi connectivity index (χ0v) is 12.6. The number of amides is 3. The van der Waals surface area contributed by atoms with Gasteiger partial charge in [0, 0.05) is 12.6 Å². The minimum atomic E-state index is -0.544. The molecule has 3 N–H and O–H groups in total. The average Bonchev–Trinajstić information content (AvgIpc) is 2.71. The zero-order chi connectivity index (χ0) is 15.8. The Balaban J connectivity index is 0.00000110. The molecule has 116 valence electrons. The van der Waals surface area contributed by atoms with Gasteiger partial charge in [-0.1, -0.05) is 0 Å². The van der Waals surface area contributed by atoms with Gasteiger partial charge in [-0.25, -0.2) is 4.79 Å². The van der Waals surface area contributed by atoms with Crippen LogP contribution in [0.5, 0.6) is 0 Å². The normalized spacial score (nSPS) is 17.8. The zero-order valence-electron chi connectivity index (χ0n) is 12.6. The van der Waals surface area contributed by atoms with E-state index in [1.807, 2.05) is 6.92 Å². The molecule has 0 bridgehead atoms. The topological polar surface area (TPSA) is 102 Å². The highest BCUT2D eigenvalue weighted by Gasteiger charge is 2.25. The van der Waals surface area contributed by atoms with Gasteiger partial charge in [-0.15, -0.1) is 0 Å². The van der Waals surface area contributed by atoms with E-state index in [9.17, 15) is 9.59 Å². The van der Waals surface area contributed by atoms with Crippen LogP contribution in [0.25, 0.3) is 0 Å². The lowest BCUT2D eigenvalue weighted by Gasteiger charge is -2.23. The van der Waals surface area contributed by atoms with Crippen molar-refractivity contribution in [1.82, 2.24) is 10.2 Å². The molecule has 7 nitrogen and oxygen atoms in total. The number of hydrogen-bond donors (Lipinski definition) is 2. The highest BCUT2D eigenvalue weighted by atomic mass is 16.6. The molecule has 1 rings (SSSR count). The number of primary amides is 1. The summed E-state index contributed by atoms with van der Waals surface area (Å²) in [5.41, 5.74) is 3.63. The standard InChI is InChI=1S/C12H22N2O3.CH3NO/c1-9-6-5-7-14(9)10(15)8-13-11(16)17-12(2,3)4;2-1-3/h9H,5-8H2,1-4H3,(H,13,16);1H,(H2,2,3)/t9-;/m1./s1. The molecule has 7 heteroatoms. The Bertz CT molecular complexity index is 339. The van der Waals surface area contributed by atoms with E-state index in [2.05, 4.69) is 11.1 Å². The summed E-state index contributed by atoms with van der Waals surface area (Å²) in [6.45, 7) is 8.19. The molecule has 0 aromatic rings. The predicted molar refractivity (Wildman–Crippen MR) is 74.9 cm³/mol. The highest BCUT2D eigenvalue weighted by molar-refractivity contribution is 5.82. The summed E-state index contributed by atoms with van der Waals surface area (Å²) in [5.74, 6) is -0.0409. The van der Waals surface area contributed by atoms with Crippen LogP contribution < -0.4 is 11.1 Å². The van der Waals surface area contributed by atoms with Gasteiger partial charge in [0.2, 0.25) is 12.3 Å². The number of nitrogens with one attached hydrogen (secondary N) is 1. The second-order valence-corrected chi connectivity index (χ2v) is 5.57. The minimum Gasteiger partial charge on any atom is -0.444 e. The maximum absolute atomic E-state index is 11.8. The molecule has 1 fully saturated rings. The van der Waals surface area contributed by atoms with Crippen molar-refractivity contribution in [2.45, 2.75) is 52.2 Å². The Morgan fingerprint density at radius 1 is 1.45 bits per heavy atom. The van der Waals surface area contributed by atoms with Gasteiger partial charge in [-0.3, -0.25) is 9.59 Å². The van der Waals surface area contributed by atoms with Crippen molar-refractivity contribution < 1.29 is 19.1 Å². The Morgan fingerprint density at radius 3 is 2.40 bits per heavy atom. The largest absolute Gasteiger partial charge is 0.444 e. The lowest BCUT2D eigenvalue weighted by Crippen LogP contribution is -2.43. The number of ether oxygens (including phenoxy) is 1. The quantitative estimate of drug-likeness (QED) is 0.727. The Hall–Kier alpha value is -1.79. The first-order valence-electron chi connectivity index (χ1n) is 6.63. The molecule has 0 aliphatic carbocycles.